The highest BCUT2D eigenvalue weighted by molar-refractivity contribution is 7.91. The van der Waals surface area contributed by atoms with Crippen LogP contribution >= 0.6 is 0 Å². The summed E-state index contributed by atoms with van der Waals surface area (Å²) in [6, 6.07) is 5.20. The van der Waals surface area contributed by atoms with Gasteiger partial charge in [0.15, 0.2) is 9.84 Å². The van der Waals surface area contributed by atoms with Crippen molar-refractivity contribution in [2.45, 2.75) is 31.2 Å². The lowest BCUT2D eigenvalue weighted by molar-refractivity contribution is 0.272. The molecule has 0 aromatic heterocycles. The van der Waals surface area contributed by atoms with Gasteiger partial charge in [-0.2, -0.15) is 0 Å². The lowest BCUT2D eigenvalue weighted by atomic mass is 10.2. The van der Waals surface area contributed by atoms with Gasteiger partial charge in [-0.1, -0.05) is 12.1 Å². The fourth-order valence-electron chi connectivity index (χ4n) is 1.86. The predicted octanol–water partition coefficient (Wildman–Crippen LogP) is 1.05. The van der Waals surface area contributed by atoms with Crippen LogP contribution in [-0.4, -0.2) is 39.0 Å². The molecule has 1 rings (SSSR count). The molecule has 2 N–H and O–H groups in total. The highest BCUT2D eigenvalue weighted by atomic mass is 32.2. The Labute approximate surface area is 109 Å². The molecule has 1 atom stereocenters. The fourth-order valence-corrected chi connectivity index (χ4v) is 3.83. The topological polar surface area (TPSA) is 66.4 Å². The van der Waals surface area contributed by atoms with Crippen LogP contribution in [0.1, 0.15) is 17.5 Å². The number of nitrogens with one attached hydrogen (secondary N) is 1. The molecule has 0 saturated heterocycles. The SMILES string of the molecule is CNC(CCO)CS(=O)(=O)c1cc(C)ccc1C. The zero-order chi connectivity index (χ0) is 13.8. The third-order valence-corrected chi connectivity index (χ3v) is 4.94. The summed E-state index contributed by atoms with van der Waals surface area (Å²) in [6.45, 7) is 3.66. The van der Waals surface area contributed by atoms with Gasteiger partial charge >= 0.3 is 0 Å². The van der Waals surface area contributed by atoms with E-state index in [0.717, 1.165) is 11.1 Å². The molecule has 0 bridgehead atoms. The molecule has 0 aliphatic rings. The normalized spacial score (nSPS) is 13.6. The summed E-state index contributed by atoms with van der Waals surface area (Å²) in [5, 5.41) is 11.8. The van der Waals surface area contributed by atoms with Crippen LogP contribution in [0.5, 0.6) is 0 Å². The van der Waals surface area contributed by atoms with Crippen molar-refractivity contribution >= 4 is 9.84 Å². The van der Waals surface area contributed by atoms with Crippen LogP contribution in [0, 0.1) is 13.8 Å². The van der Waals surface area contributed by atoms with Crippen LogP contribution in [0.25, 0.3) is 0 Å². The lowest BCUT2D eigenvalue weighted by Crippen LogP contribution is -2.34. The first-order valence-corrected chi connectivity index (χ1v) is 7.64. The number of aryl methyl sites for hydroxylation is 2. The smallest absolute Gasteiger partial charge is 0.180 e. The maximum atomic E-state index is 12.3. The molecule has 0 saturated carbocycles. The summed E-state index contributed by atoms with van der Waals surface area (Å²) >= 11 is 0. The van der Waals surface area contributed by atoms with Gasteiger partial charge < -0.3 is 10.4 Å². The fraction of sp³-hybridized carbons (Fsp3) is 0.538. The van der Waals surface area contributed by atoms with E-state index < -0.39 is 9.84 Å². The van der Waals surface area contributed by atoms with Gasteiger partial charge in [0, 0.05) is 12.6 Å². The average molecular weight is 271 g/mol. The van der Waals surface area contributed by atoms with Crippen LogP contribution < -0.4 is 5.32 Å². The lowest BCUT2D eigenvalue weighted by Gasteiger charge is -2.16. The Balaban J connectivity index is 3.02. The number of hydrogen-bond donors (Lipinski definition) is 2. The number of benzene rings is 1. The number of aliphatic hydroxyl groups excluding tert-OH is 1. The number of hydrogen-bond acceptors (Lipinski definition) is 4. The maximum Gasteiger partial charge on any atom is 0.180 e. The molecule has 0 spiro atoms. The quantitative estimate of drug-likeness (QED) is 0.811. The molecular weight excluding hydrogens is 250 g/mol. The highest BCUT2D eigenvalue weighted by Crippen LogP contribution is 2.19. The molecule has 102 valence electrons. The number of aliphatic hydroxyl groups is 1. The first-order valence-electron chi connectivity index (χ1n) is 5.99. The van der Waals surface area contributed by atoms with Gasteiger partial charge in [0.2, 0.25) is 0 Å². The Hall–Kier alpha value is -0.910. The molecule has 1 aromatic rings. The summed E-state index contributed by atoms with van der Waals surface area (Å²) in [4.78, 5) is 0.390. The number of rotatable bonds is 6. The maximum absolute atomic E-state index is 12.3. The van der Waals surface area contributed by atoms with Gasteiger partial charge in [-0.05, 0) is 44.5 Å². The van der Waals surface area contributed by atoms with Crippen LogP contribution in [0.4, 0.5) is 0 Å². The molecule has 0 aliphatic heterocycles. The summed E-state index contributed by atoms with van der Waals surface area (Å²) < 4.78 is 24.7. The summed E-state index contributed by atoms with van der Waals surface area (Å²) in [5.41, 5.74) is 1.70. The molecule has 0 heterocycles. The Morgan fingerprint density at radius 3 is 2.56 bits per heavy atom. The Morgan fingerprint density at radius 1 is 1.33 bits per heavy atom. The minimum Gasteiger partial charge on any atom is -0.396 e. The van der Waals surface area contributed by atoms with Gasteiger partial charge in [0.1, 0.15) is 0 Å². The van der Waals surface area contributed by atoms with E-state index in [-0.39, 0.29) is 18.4 Å². The molecule has 0 fully saturated rings. The van der Waals surface area contributed by atoms with E-state index in [4.69, 9.17) is 5.11 Å². The van der Waals surface area contributed by atoms with E-state index in [1.165, 1.54) is 0 Å². The Kier molecular flexibility index (Phi) is 5.31. The van der Waals surface area contributed by atoms with Crippen LogP contribution in [0.3, 0.4) is 0 Å². The van der Waals surface area contributed by atoms with Gasteiger partial charge in [-0.25, -0.2) is 8.42 Å². The summed E-state index contributed by atoms with van der Waals surface area (Å²) in [6.07, 6.45) is 0.431. The van der Waals surface area contributed by atoms with Crippen molar-refractivity contribution in [2.24, 2.45) is 0 Å². The Bertz CT molecular complexity index is 497. The third kappa shape index (κ3) is 3.80. The van der Waals surface area contributed by atoms with Gasteiger partial charge in [-0.3, -0.25) is 0 Å². The first-order chi connectivity index (χ1) is 8.40. The predicted molar refractivity (Wildman–Crippen MR) is 72.5 cm³/mol. The van der Waals surface area contributed by atoms with Crippen molar-refractivity contribution in [1.82, 2.24) is 5.32 Å². The first kappa shape index (κ1) is 15.1. The van der Waals surface area contributed by atoms with Crippen molar-refractivity contribution in [3.63, 3.8) is 0 Å². The Morgan fingerprint density at radius 2 is 2.00 bits per heavy atom. The van der Waals surface area contributed by atoms with E-state index in [2.05, 4.69) is 5.32 Å². The average Bonchev–Trinajstić information content (AvgIpc) is 2.31. The van der Waals surface area contributed by atoms with E-state index in [9.17, 15) is 8.42 Å². The molecule has 1 aromatic carbocycles. The van der Waals surface area contributed by atoms with Crippen molar-refractivity contribution in [2.75, 3.05) is 19.4 Å². The minimum atomic E-state index is -3.32. The molecular formula is C13H21NO3S. The number of sulfone groups is 1. The zero-order valence-corrected chi connectivity index (χ0v) is 11.9. The molecule has 0 amide bonds. The van der Waals surface area contributed by atoms with E-state index >= 15 is 0 Å². The van der Waals surface area contributed by atoms with Crippen LogP contribution in [-0.2, 0) is 9.84 Å². The third-order valence-electron chi connectivity index (χ3n) is 2.99. The summed E-state index contributed by atoms with van der Waals surface area (Å²) in [5.74, 6) is 0.00829. The second-order valence-corrected chi connectivity index (χ2v) is 6.55. The second-order valence-electron chi connectivity index (χ2n) is 4.55. The van der Waals surface area contributed by atoms with Gasteiger partial charge in [-0.15, -0.1) is 0 Å². The van der Waals surface area contributed by atoms with E-state index in [1.54, 1.807) is 20.0 Å². The van der Waals surface area contributed by atoms with Crippen molar-refractivity contribution < 1.29 is 13.5 Å². The second kappa shape index (κ2) is 6.31. The van der Waals surface area contributed by atoms with E-state index in [1.807, 2.05) is 19.1 Å². The molecule has 18 heavy (non-hydrogen) atoms. The van der Waals surface area contributed by atoms with E-state index in [0.29, 0.717) is 11.3 Å². The van der Waals surface area contributed by atoms with Gasteiger partial charge in [0.05, 0.1) is 10.6 Å². The summed E-state index contributed by atoms with van der Waals surface area (Å²) in [7, 11) is -1.61. The minimum absolute atomic E-state index is 0.00829. The monoisotopic (exact) mass is 271 g/mol. The standard InChI is InChI=1S/C13H21NO3S/c1-10-4-5-11(2)13(8-10)18(16,17)9-12(14-3)6-7-15/h4-5,8,12,14-15H,6-7,9H2,1-3H3. The highest BCUT2D eigenvalue weighted by Gasteiger charge is 2.21. The van der Waals surface area contributed by atoms with Crippen LogP contribution in [0.15, 0.2) is 23.1 Å². The van der Waals surface area contributed by atoms with Crippen molar-refractivity contribution in [3.05, 3.63) is 29.3 Å². The van der Waals surface area contributed by atoms with Crippen molar-refractivity contribution in [3.8, 4) is 0 Å². The largest absolute Gasteiger partial charge is 0.396 e. The van der Waals surface area contributed by atoms with Crippen LogP contribution in [0.2, 0.25) is 0 Å². The zero-order valence-electron chi connectivity index (χ0n) is 11.1. The molecule has 1 unspecified atom stereocenters. The molecule has 4 nitrogen and oxygen atoms in total. The molecule has 0 aliphatic carbocycles. The van der Waals surface area contributed by atoms with Gasteiger partial charge in [0.25, 0.3) is 0 Å². The van der Waals surface area contributed by atoms with Crippen molar-refractivity contribution in [1.29, 1.82) is 0 Å². The molecule has 5 heteroatoms. The molecule has 0 radical (unpaired) electrons.